The number of ether oxygens (including phenoxy) is 2. The summed E-state index contributed by atoms with van der Waals surface area (Å²) in [5, 5.41) is 14.5. The Balaban J connectivity index is 1.49. The van der Waals surface area contributed by atoms with Gasteiger partial charge in [-0.25, -0.2) is 5.43 Å². The van der Waals surface area contributed by atoms with Crippen molar-refractivity contribution in [3.63, 3.8) is 0 Å². The Labute approximate surface area is 180 Å². The molecule has 1 spiro atoms. The minimum absolute atomic E-state index is 0.00510. The molecule has 0 radical (unpaired) electrons. The summed E-state index contributed by atoms with van der Waals surface area (Å²) in [5.41, 5.74) is 5.71. The van der Waals surface area contributed by atoms with Gasteiger partial charge in [0.15, 0.2) is 0 Å². The molecule has 1 atom stereocenters. The van der Waals surface area contributed by atoms with E-state index in [0.717, 1.165) is 16.7 Å². The van der Waals surface area contributed by atoms with Crippen molar-refractivity contribution < 1.29 is 19.4 Å². The number of hydrogen-bond donors (Lipinski definition) is 2. The highest BCUT2D eigenvalue weighted by Crippen LogP contribution is 2.51. The van der Waals surface area contributed by atoms with Gasteiger partial charge >= 0.3 is 0 Å². The van der Waals surface area contributed by atoms with Gasteiger partial charge in [0.1, 0.15) is 11.5 Å². The first-order valence-electron chi connectivity index (χ1n) is 10.1. The topological polar surface area (TPSA) is 80.2 Å². The second-order valence-electron chi connectivity index (χ2n) is 8.20. The van der Waals surface area contributed by atoms with Crippen LogP contribution in [0.2, 0.25) is 0 Å². The third-order valence-corrected chi connectivity index (χ3v) is 5.72. The maximum atomic E-state index is 12.2. The molecule has 0 saturated carbocycles. The minimum atomic E-state index is -1.10. The molecule has 0 fully saturated rings. The van der Waals surface area contributed by atoms with E-state index in [1.54, 1.807) is 18.2 Å². The summed E-state index contributed by atoms with van der Waals surface area (Å²) in [6.45, 7) is 4.00. The maximum absolute atomic E-state index is 12.2. The van der Waals surface area contributed by atoms with Crippen LogP contribution in [-0.4, -0.2) is 17.2 Å². The molecule has 1 amide bonds. The Bertz CT molecular complexity index is 1210. The van der Waals surface area contributed by atoms with E-state index in [4.69, 9.17) is 9.47 Å². The van der Waals surface area contributed by atoms with Crippen LogP contribution in [0.15, 0.2) is 71.4 Å². The molecule has 6 nitrogen and oxygen atoms in total. The van der Waals surface area contributed by atoms with E-state index < -0.39 is 11.4 Å². The highest BCUT2D eigenvalue weighted by atomic mass is 16.7. The first-order valence-corrected chi connectivity index (χ1v) is 10.1. The Hall–Kier alpha value is -3.64. The third-order valence-electron chi connectivity index (χ3n) is 5.72. The van der Waals surface area contributed by atoms with E-state index in [-0.39, 0.29) is 11.7 Å². The smallest absolute Gasteiger partial charge is 0.267 e. The number of benzene rings is 2. The van der Waals surface area contributed by atoms with Gasteiger partial charge in [-0.2, -0.15) is 5.10 Å². The van der Waals surface area contributed by atoms with Crippen molar-refractivity contribution in [1.29, 1.82) is 0 Å². The normalized spacial score (nSPS) is 22.3. The number of rotatable bonds is 3. The van der Waals surface area contributed by atoms with Gasteiger partial charge in [-0.3, -0.25) is 4.79 Å². The highest BCUT2D eigenvalue weighted by Gasteiger charge is 2.51. The zero-order valence-electron chi connectivity index (χ0n) is 17.3. The first-order chi connectivity index (χ1) is 14.9. The largest absolute Gasteiger partial charge is 0.507 e. The molecule has 1 unspecified atom stereocenters. The second kappa shape index (κ2) is 6.96. The Morgan fingerprint density at radius 2 is 2.00 bits per heavy atom. The van der Waals surface area contributed by atoms with Crippen molar-refractivity contribution in [2.45, 2.75) is 31.7 Å². The van der Waals surface area contributed by atoms with Gasteiger partial charge in [0.2, 0.25) is 0 Å². The van der Waals surface area contributed by atoms with E-state index >= 15 is 0 Å². The lowest BCUT2D eigenvalue weighted by atomic mass is 9.92. The standard InChI is InChI=1S/C25H22N2O4/c1-24(2)19-9-5-6-10-20(19)25(31-24)14-13-16-11-12-21(28)18(22(16)30-25)15-26-27-23(29)17-7-3-4-8-17/h3-7,9-15,28H,8H2,1-2H3,(H,27,29)/b26-15+. The molecule has 3 aliphatic rings. The quantitative estimate of drug-likeness (QED) is 0.581. The van der Waals surface area contributed by atoms with Crippen LogP contribution < -0.4 is 10.2 Å². The summed E-state index contributed by atoms with van der Waals surface area (Å²) < 4.78 is 12.8. The van der Waals surface area contributed by atoms with Crippen molar-refractivity contribution in [1.82, 2.24) is 5.43 Å². The molecule has 0 aromatic heterocycles. The van der Waals surface area contributed by atoms with Crippen LogP contribution in [0, 0.1) is 0 Å². The predicted octanol–water partition coefficient (Wildman–Crippen LogP) is 4.25. The number of fused-ring (bicyclic) bond motifs is 3. The monoisotopic (exact) mass is 414 g/mol. The number of phenolic OH excluding ortho intramolecular Hbond substituents is 1. The molecule has 2 aromatic rings. The molecule has 2 aromatic carbocycles. The van der Waals surface area contributed by atoms with Gasteiger partial charge in [-0.05, 0) is 50.1 Å². The first kappa shape index (κ1) is 19.3. The third kappa shape index (κ3) is 3.16. The van der Waals surface area contributed by atoms with E-state index in [1.165, 1.54) is 6.21 Å². The summed E-state index contributed by atoms with van der Waals surface area (Å²) in [6, 6.07) is 11.3. The van der Waals surface area contributed by atoms with Crippen LogP contribution in [0.5, 0.6) is 11.5 Å². The average molecular weight is 414 g/mol. The number of allylic oxidation sites excluding steroid dienone is 3. The van der Waals surface area contributed by atoms with Crippen LogP contribution in [0.25, 0.3) is 6.08 Å². The number of aromatic hydroxyl groups is 1. The van der Waals surface area contributed by atoms with Gasteiger partial charge in [-0.1, -0.05) is 42.5 Å². The molecule has 2 N–H and O–H groups in total. The molecule has 1 aliphatic carbocycles. The van der Waals surface area contributed by atoms with E-state index in [9.17, 15) is 9.90 Å². The number of carbonyl (C=O) groups is 1. The molecule has 6 heteroatoms. The van der Waals surface area contributed by atoms with E-state index in [2.05, 4.69) is 10.5 Å². The van der Waals surface area contributed by atoms with Crippen LogP contribution in [-0.2, 0) is 20.9 Å². The molecule has 2 aliphatic heterocycles. The highest BCUT2D eigenvalue weighted by molar-refractivity contribution is 5.96. The molecular weight excluding hydrogens is 392 g/mol. The van der Waals surface area contributed by atoms with Crippen molar-refractivity contribution >= 4 is 18.2 Å². The lowest BCUT2D eigenvalue weighted by Crippen LogP contribution is -2.35. The number of nitrogens with one attached hydrogen (secondary N) is 1. The average Bonchev–Trinajstić information content (AvgIpc) is 3.36. The summed E-state index contributed by atoms with van der Waals surface area (Å²) in [7, 11) is 0. The van der Waals surface area contributed by atoms with Crippen molar-refractivity contribution in [2.75, 3.05) is 0 Å². The zero-order valence-corrected chi connectivity index (χ0v) is 17.3. The van der Waals surface area contributed by atoms with Gasteiger partial charge in [0.25, 0.3) is 11.7 Å². The van der Waals surface area contributed by atoms with Crippen LogP contribution in [0.1, 0.15) is 42.5 Å². The lowest BCUT2D eigenvalue weighted by molar-refractivity contribution is -0.202. The van der Waals surface area contributed by atoms with Gasteiger partial charge in [0, 0.05) is 16.7 Å². The second-order valence-corrected chi connectivity index (χ2v) is 8.20. The molecule has 0 saturated heterocycles. The van der Waals surface area contributed by atoms with Crippen molar-refractivity contribution in [2.24, 2.45) is 5.10 Å². The predicted molar refractivity (Wildman–Crippen MR) is 118 cm³/mol. The SMILES string of the molecule is CC1(C)OC2(C=Cc3ccc(O)c(/C=N/NC(=O)C4=CC=CC4)c3O2)c2ccccc21. The fraction of sp³-hybridized carbons (Fsp3) is 0.200. The van der Waals surface area contributed by atoms with Crippen LogP contribution in [0.4, 0.5) is 0 Å². The molecule has 0 bridgehead atoms. The molecule has 31 heavy (non-hydrogen) atoms. The summed E-state index contributed by atoms with van der Waals surface area (Å²) in [5.74, 6) is -0.950. The van der Waals surface area contributed by atoms with Crippen LogP contribution in [0.3, 0.4) is 0 Å². The molecule has 156 valence electrons. The zero-order chi connectivity index (χ0) is 21.6. The van der Waals surface area contributed by atoms with E-state index in [0.29, 0.717) is 23.3 Å². The van der Waals surface area contributed by atoms with Gasteiger partial charge in [0.05, 0.1) is 17.4 Å². The number of hydrogen-bond acceptors (Lipinski definition) is 5. The number of nitrogens with zero attached hydrogens (tertiary/aromatic N) is 1. The fourth-order valence-electron chi connectivity index (χ4n) is 4.20. The van der Waals surface area contributed by atoms with Gasteiger partial charge < -0.3 is 14.6 Å². The molecule has 2 heterocycles. The summed E-state index contributed by atoms with van der Waals surface area (Å²) in [6.07, 6.45) is 11.3. The minimum Gasteiger partial charge on any atom is -0.507 e. The summed E-state index contributed by atoms with van der Waals surface area (Å²) >= 11 is 0. The number of amides is 1. The molecular formula is C25H22N2O4. The number of phenols is 1. The lowest BCUT2D eigenvalue weighted by Gasteiger charge is -2.34. The molecule has 5 rings (SSSR count). The van der Waals surface area contributed by atoms with Gasteiger partial charge in [-0.15, -0.1) is 0 Å². The van der Waals surface area contributed by atoms with Crippen molar-refractivity contribution in [3.8, 4) is 11.5 Å². The van der Waals surface area contributed by atoms with Crippen molar-refractivity contribution in [3.05, 3.63) is 88.5 Å². The Kier molecular flexibility index (Phi) is 4.34. The Morgan fingerprint density at radius 1 is 1.19 bits per heavy atom. The summed E-state index contributed by atoms with van der Waals surface area (Å²) in [4.78, 5) is 12.2. The number of carbonyl (C=O) groups excluding carboxylic acids is 1. The maximum Gasteiger partial charge on any atom is 0.267 e. The fourth-order valence-corrected chi connectivity index (χ4v) is 4.20. The van der Waals surface area contributed by atoms with E-state index in [1.807, 2.05) is 62.4 Å². The Morgan fingerprint density at radius 3 is 2.77 bits per heavy atom. The van der Waals surface area contributed by atoms with Crippen LogP contribution >= 0.6 is 0 Å². The number of hydrazone groups is 1.